The van der Waals surface area contributed by atoms with E-state index in [0.717, 1.165) is 17.1 Å². The largest absolute Gasteiger partial charge is 0.341 e. The SMILES string of the molecule is Cc1cc(-c2ncc(CN)[nH]2)ccc1F. The monoisotopic (exact) mass is 205 g/mol. The summed E-state index contributed by atoms with van der Waals surface area (Å²) in [5, 5.41) is 0. The van der Waals surface area contributed by atoms with Crippen LogP contribution in [0.4, 0.5) is 4.39 Å². The molecule has 0 bridgehead atoms. The van der Waals surface area contributed by atoms with E-state index < -0.39 is 0 Å². The van der Waals surface area contributed by atoms with Crippen molar-refractivity contribution in [2.45, 2.75) is 13.5 Å². The Morgan fingerprint density at radius 3 is 2.87 bits per heavy atom. The Morgan fingerprint density at radius 2 is 2.27 bits per heavy atom. The quantitative estimate of drug-likeness (QED) is 0.787. The number of aromatic nitrogens is 2. The van der Waals surface area contributed by atoms with Crippen LogP contribution >= 0.6 is 0 Å². The minimum absolute atomic E-state index is 0.204. The van der Waals surface area contributed by atoms with Crippen LogP contribution in [0, 0.1) is 12.7 Å². The van der Waals surface area contributed by atoms with Crippen molar-refractivity contribution in [1.29, 1.82) is 0 Å². The number of hydrogen-bond donors (Lipinski definition) is 2. The van der Waals surface area contributed by atoms with Crippen molar-refractivity contribution >= 4 is 0 Å². The molecule has 0 spiro atoms. The van der Waals surface area contributed by atoms with E-state index in [0.29, 0.717) is 12.1 Å². The Bertz CT molecular complexity index is 476. The molecule has 1 aromatic carbocycles. The molecule has 0 saturated carbocycles. The van der Waals surface area contributed by atoms with Gasteiger partial charge in [0.15, 0.2) is 0 Å². The molecule has 15 heavy (non-hydrogen) atoms. The van der Waals surface area contributed by atoms with Gasteiger partial charge in [0.1, 0.15) is 11.6 Å². The van der Waals surface area contributed by atoms with E-state index in [1.165, 1.54) is 6.07 Å². The summed E-state index contributed by atoms with van der Waals surface area (Å²) in [4.78, 5) is 7.24. The smallest absolute Gasteiger partial charge is 0.137 e. The fraction of sp³-hybridized carbons (Fsp3) is 0.182. The summed E-state index contributed by atoms with van der Waals surface area (Å²) >= 11 is 0. The summed E-state index contributed by atoms with van der Waals surface area (Å²) in [6.45, 7) is 2.15. The molecule has 0 amide bonds. The van der Waals surface area contributed by atoms with Crippen LogP contribution in [-0.2, 0) is 6.54 Å². The number of nitrogens with zero attached hydrogens (tertiary/aromatic N) is 1. The van der Waals surface area contributed by atoms with Gasteiger partial charge in [0.05, 0.1) is 0 Å². The third kappa shape index (κ3) is 1.89. The predicted octanol–water partition coefficient (Wildman–Crippen LogP) is 1.98. The molecule has 0 saturated heterocycles. The van der Waals surface area contributed by atoms with Crippen LogP contribution in [0.2, 0.25) is 0 Å². The van der Waals surface area contributed by atoms with E-state index in [4.69, 9.17) is 5.73 Å². The zero-order chi connectivity index (χ0) is 10.8. The number of nitrogens with one attached hydrogen (secondary N) is 1. The van der Waals surface area contributed by atoms with Crippen molar-refractivity contribution in [2.24, 2.45) is 5.73 Å². The van der Waals surface area contributed by atoms with Gasteiger partial charge in [0, 0.05) is 24.0 Å². The van der Waals surface area contributed by atoms with Gasteiger partial charge in [-0.05, 0) is 30.7 Å². The topological polar surface area (TPSA) is 54.7 Å². The standard InChI is InChI=1S/C11H12FN3/c1-7-4-8(2-3-10(7)12)11-14-6-9(5-13)15-11/h2-4,6H,5,13H2,1H3,(H,14,15). The number of H-pyrrole nitrogens is 1. The summed E-state index contributed by atoms with van der Waals surface area (Å²) in [5.74, 6) is 0.517. The molecular weight excluding hydrogens is 193 g/mol. The number of aromatic amines is 1. The Labute approximate surface area is 87.2 Å². The van der Waals surface area contributed by atoms with Crippen LogP contribution in [0.15, 0.2) is 24.4 Å². The van der Waals surface area contributed by atoms with Crippen LogP contribution in [0.1, 0.15) is 11.3 Å². The lowest BCUT2D eigenvalue weighted by Gasteiger charge is -2.00. The number of rotatable bonds is 2. The van der Waals surface area contributed by atoms with E-state index >= 15 is 0 Å². The average molecular weight is 205 g/mol. The molecule has 0 aliphatic rings. The fourth-order valence-electron chi connectivity index (χ4n) is 1.40. The van der Waals surface area contributed by atoms with Gasteiger partial charge in [-0.3, -0.25) is 0 Å². The highest BCUT2D eigenvalue weighted by Crippen LogP contribution is 2.18. The second-order valence-corrected chi connectivity index (χ2v) is 3.43. The summed E-state index contributed by atoms with van der Waals surface area (Å²) in [7, 11) is 0. The average Bonchev–Trinajstić information content (AvgIpc) is 2.70. The predicted molar refractivity (Wildman–Crippen MR) is 56.6 cm³/mol. The highest BCUT2D eigenvalue weighted by Gasteiger charge is 2.04. The van der Waals surface area contributed by atoms with Gasteiger partial charge in [0.25, 0.3) is 0 Å². The molecular formula is C11H12FN3. The maximum atomic E-state index is 13.0. The van der Waals surface area contributed by atoms with Crippen LogP contribution in [0.3, 0.4) is 0 Å². The van der Waals surface area contributed by atoms with Crippen molar-refractivity contribution in [3.05, 3.63) is 41.5 Å². The van der Waals surface area contributed by atoms with Crippen LogP contribution in [-0.4, -0.2) is 9.97 Å². The van der Waals surface area contributed by atoms with Crippen LogP contribution < -0.4 is 5.73 Å². The molecule has 0 unspecified atom stereocenters. The van der Waals surface area contributed by atoms with E-state index in [1.807, 2.05) is 0 Å². The highest BCUT2D eigenvalue weighted by molar-refractivity contribution is 5.56. The maximum Gasteiger partial charge on any atom is 0.137 e. The normalized spacial score (nSPS) is 10.6. The van der Waals surface area contributed by atoms with Gasteiger partial charge in [-0.1, -0.05) is 0 Å². The molecule has 78 valence electrons. The Hall–Kier alpha value is -1.68. The molecule has 4 heteroatoms. The lowest BCUT2D eigenvalue weighted by atomic mass is 10.1. The lowest BCUT2D eigenvalue weighted by Crippen LogP contribution is -1.95. The van der Waals surface area contributed by atoms with Gasteiger partial charge in [0.2, 0.25) is 0 Å². The van der Waals surface area contributed by atoms with Gasteiger partial charge in [-0.25, -0.2) is 9.37 Å². The highest BCUT2D eigenvalue weighted by atomic mass is 19.1. The van der Waals surface area contributed by atoms with Crippen molar-refractivity contribution in [2.75, 3.05) is 0 Å². The van der Waals surface area contributed by atoms with Gasteiger partial charge >= 0.3 is 0 Å². The number of aryl methyl sites for hydroxylation is 1. The Morgan fingerprint density at radius 1 is 1.47 bits per heavy atom. The number of imidazole rings is 1. The van der Waals surface area contributed by atoms with E-state index in [2.05, 4.69) is 9.97 Å². The summed E-state index contributed by atoms with van der Waals surface area (Å²) in [6, 6.07) is 4.89. The van der Waals surface area contributed by atoms with Crippen molar-refractivity contribution in [3.63, 3.8) is 0 Å². The van der Waals surface area contributed by atoms with Gasteiger partial charge in [-0.2, -0.15) is 0 Å². The second-order valence-electron chi connectivity index (χ2n) is 3.43. The molecule has 0 aliphatic carbocycles. The first kappa shape index (κ1) is 9.86. The van der Waals surface area contributed by atoms with E-state index in [1.54, 1.807) is 25.3 Å². The van der Waals surface area contributed by atoms with Gasteiger partial charge < -0.3 is 10.7 Å². The number of nitrogens with two attached hydrogens (primary N) is 1. The van der Waals surface area contributed by atoms with E-state index in [9.17, 15) is 4.39 Å². The summed E-state index contributed by atoms with van der Waals surface area (Å²) in [5.41, 5.74) is 7.81. The van der Waals surface area contributed by atoms with Crippen LogP contribution in [0.25, 0.3) is 11.4 Å². The molecule has 3 N–H and O–H groups in total. The van der Waals surface area contributed by atoms with Gasteiger partial charge in [-0.15, -0.1) is 0 Å². The number of hydrogen-bond acceptors (Lipinski definition) is 2. The molecule has 1 aromatic heterocycles. The zero-order valence-electron chi connectivity index (χ0n) is 8.42. The van der Waals surface area contributed by atoms with Crippen LogP contribution in [0.5, 0.6) is 0 Å². The number of benzene rings is 1. The Balaban J connectivity index is 2.40. The third-order valence-corrected chi connectivity index (χ3v) is 2.28. The molecule has 1 heterocycles. The van der Waals surface area contributed by atoms with Crippen molar-refractivity contribution in [1.82, 2.24) is 9.97 Å². The minimum Gasteiger partial charge on any atom is -0.341 e. The van der Waals surface area contributed by atoms with E-state index in [-0.39, 0.29) is 5.82 Å². The molecule has 0 fully saturated rings. The summed E-state index contributed by atoms with van der Waals surface area (Å²) in [6.07, 6.45) is 1.69. The first-order valence-electron chi connectivity index (χ1n) is 4.71. The zero-order valence-corrected chi connectivity index (χ0v) is 8.42. The first-order chi connectivity index (χ1) is 7.20. The number of halogens is 1. The molecule has 3 nitrogen and oxygen atoms in total. The first-order valence-corrected chi connectivity index (χ1v) is 4.71. The summed E-state index contributed by atoms with van der Waals surface area (Å²) < 4.78 is 13.0. The molecule has 0 atom stereocenters. The molecule has 2 rings (SSSR count). The lowest BCUT2D eigenvalue weighted by molar-refractivity contribution is 0.618. The maximum absolute atomic E-state index is 13.0. The Kier molecular flexibility index (Phi) is 2.51. The minimum atomic E-state index is -0.204. The third-order valence-electron chi connectivity index (χ3n) is 2.28. The second kappa shape index (κ2) is 3.82. The molecule has 0 aliphatic heterocycles. The fourth-order valence-corrected chi connectivity index (χ4v) is 1.40. The van der Waals surface area contributed by atoms with Crippen molar-refractivity contribution in [3.8, 4) is 11.4 Å². The molecule has 2 aromatic rings. The van der Waals surface area contributed by atoms with Crippen molar-refractivity contribution < 1.29 is 4.39 Å². The molecule has 0 radical (unpaired) electrons.